The van der Waals surface area contributed by atoms with Gasteiger partial charge in [-0.3, -0.25) is 4.90 Å². The van der Waals surface area contributed by atoms with Crippen molar-refractivity contribution in [2.24, 2.45) is 0 Å². The van der Waals surface area contributed by atoms with E-state index in [1.54, 1.807) is 6.07 Å². The maximum absolute atomic E-state index is 13.1. The molecule has 0 bridgehead atoms. The fourth-order valence-electron chi connectivity index (χ4n) is 3.15. The molecule has 2 aromatic carbocycles. The second kappa shape index (κ2) is 8.19. The lowest BCUT2D eigenvalue weighted by Crippen LogP contribution is -2.48. The van der Waals surface area contributed by atoms with Crippen LogP contribution in [0.5, 0.6) is 0 Å². The van der Waals surface area contributed by atoms with Crippen LogP contribution in [-0.4, -0.2) is 53.9 Å². The Morgan fingerprint density at radius 2 is 1.72 bits per heavy atom. The number of nitrogens with zero attached hydrogens (tertiary/aromatic N) is 4. The number of benzene rings is 2. The lowest BCUT2D eigenvalue weighted by molar-refractivity contribution is 0.163. The van der Waals surface area contributed by atoms with Gasteiger partial charge in [0.05, 0.1) is 16.5 Å². The molecule has 7 nitrogen and oxygen atoms in total. The molecule has 0 unspecified atom stereocenters. The Morgan fingerprint density at radius 3 is 2.41 bits per heavy atom. The number of rotatable bonds is 5. The molecule has 2 heterocycles. The molecule has 1 fully saturated rings. The third-order valence-corrected chi connectivity index (χ3v) is 6.97. The third kappa shape index (κ3) is 4.32. The van der Waals surface area contributed by atoms with Crippen LogP contribution in [0.25, 0.3) is 11.4 Å². The Kier molecular flexibility index (Phi) is 5.64. The predicted molar refractivity (Wildman–Crippen MR) is 105 cm³/mol. The van der Waals surface area contributed by atoms with Crippen molar-refractivity contribution >= 4 is 21.6 Å². The summed E-state index contributed by atoms with van der Waals surface area (Å²) in [6, 6.07) is 12.1. The number of piperazine rings is 1. The van der Waals surface area contributed by atoms with Crippen LogP contribution in [0.3, 0.4) is 0 Å². The average Bonchev–Trinajstić information content (AvgIpc) is 3.17. The van der Waals surface area contributed by atoms with Crippen LogP contribution >= 0.6 is 11.6 Å². The highest BCUT2D eigenvalue weighted by molar-refractivity contribution is 7.89. The second-order valence-electron chi connectivity index (χ2n) is 6.63. The van der Waals surface area contributed by atoms with Crippen LogP contribution < -0.4 is 0 Å². The smallest absolute Gasteiger partial charge is 0.243 e. The Balaban J connectivity index is 1.38. The highest BCUT2D eigenvalue weighted by Gasteiger charge is 2.29. The molecule has 0 saturated carbocycles. The van der Waals surface area contributed by atoms with Crippen molar-refractivity contribution in [2.75, 3.05) is 26.2 Å². The van der Waals surface area contributed by atoms with Gasteiger partial charge < -0.3 is 4.52 Å². The molecule has 1 aliphatic heterocycles. The number of halogens is 2. The quantitative estimate of drug-likeness (QED) is 0.611. The van der Waals surface area contributed by atoms with E-state index >= 15 is 0 Å². The van der Waals surface area contributed by atoms with Crippen molar-refractivity contribution in [1.82, 2.24) is 19.3 Å². The number of hydrogen-bond acceptors (Lipinski definition) is 6. The first-order valence-electron chi connectivity index (χ1n) is 8.99. The molecule has 0 N–H and O–H groups in total. The number of hydrogen-bond donors (Lipinski definition) is 0. The van der Waals surface area contributed by atoms with Gasteiger partial charge in [-0.25, -0.2) is 12.8 Å². The molecule has 0 aliphatic carbocycles. The van der Waals surface area contributed by atoms with Gasteiger partial charge in [0.2, 0.25) is 21.7 Å². The first-order valence-corrected chi connectivity index (χ1v) is 10.8. The summed E-state index contributed by atoms with van der Waals surface area (Å²) in [5.74, 6) is 0.391. The molecule has 3 aromatic rings. The summed E-state index contributed by atoms with van der Waals surface area (Å²) in [7, 11) is -3.64. The van der Waals surface area contributed by atoms with Crippen LogP contribution in [0.1, 0.15) is 5.89 Å². The maximum atomic E-state index is 13.1. The summed E-state index contributed by atoms with van der Waals surface area (Å²) in [6.45, 7) is 2.10. The number of sulfonamides is 1. The lowest BCUT2D eigenvalue weighted by atomic mass is 10.2. The Hall–Kier alpha value is -2.33. The summed E-state index contributed by atoms with van der Waals surface area (Å²) in [5, 5.41) is 4.52. The van der Waals surface area contributed by atoms with Gasteiger partial charge in [-0.15, -0.1) is 0 Å². The SMILES string of the molecule is O=S(=O)(c1ccc(F)cc1)N1CCN(Cc2nc(-c3ccccc3Cl)no2)CC1. The fourth-order valence-corrected chi connectivity index (χ4v) is 4.79. The van der Waals surface area contributed by atoms with Crippen molar-refractivity contribution in [3.63, 3.8) is 0 Å². The van der Waals surface area contributed by atoms with E-state index in [0.29, 0.717) is 55.0 Å². The van der Waals surface area contributed by atoms with Gasteiger partial charge in [0.25, 0.3) is 0 Å². The topological polar surface area (TPSA) is 79.5 Å². The largest absolute Gasteiger partial charge is 0.338 e. The van der Waals surface area contributed by atoms with Crippen molar-refractivity contribution in [3.8, 4) is 11.4 Å². The van der Waals surface area contributed by atoms with Gasteiger partial charge in [-0.05, 0) is 36.4 Å². The third-order valence-electron chi connectivity index (χ3n) is 4.72. The zero-order valence-corrected chi connectivity index (χ0v) is 16.9. The fraction of sp³-hybridized carbons (Fsp3) is 0.263. The van der Waals surface area contributed by atoms with E-state index in [1.807, 2.05) is 23.1 Å². The van der Waals surface area contributed by atoms with Crippen molar-refractivity contribution in [1.29, 1.82) is 0 Å². The van der Waals surface area contributed by atoms with Crippen LogP contribution in [0.2, 0.25) is 5.02 Å². The lowest BCUT2D eigenvalue weighted by Gasteiger charge is -2.33. The van der Waals surface area contributed by atoms with E-state index in [-0.39, 0.29) is 4.90 Å². The molecule has 0 radical (unpaired) electrons. The standard InChI is InChI=1S/C19H18ClFN4O3S/c20-17-4-2-1-3-16(17)19-22-18(28-23-19)13-24-9-11-25(12-10-24)29(26,27)15-7-5-14(21)6-8-15/h1-8H,9-13H2. The minimum Gasteiger partial charge on any atom is -0.338 e. The Bertz CT molecular complexity index is 1100. The molecule has 0 spiro atoms. The molecule has 0 amide bonds. The van der Waals surface area contributed by atoms with Gasteiger partial charge in [-0.1, -0.05) is 28.9 Å². The monoisotopic (exact) mass is 436 g/mol. The van der Waals surface area contributed by atoms with Crippen molar-refractivity contribution in [2.45, 2.75) is 11.4 Å². The van der Waals surface area contributed by atoms with E-state index < -0.39 is 15.8 Å². The van der Waals surface area contributed by atoms with E-state index in [9.17, 15) is 12.8 Å². The molecule has 29 heavy (non-hydrogen) atoms. The van der Waals surface area contributed by atoms with Crippen LogP contribution in [-0.2, 0) is 16.6 Å². The molecule has 1 aliphatic rings. The molecular formula is C19H18ClFN4O3S. The van der Waals surface area contributed by atoms with Crippen LogP contribution in [0.15, 0.2) is 57.9 Å². The Labute approximate surface area is 172 Å². The van der Waals surface area contributed by atoms with E-state index in [4.69, 9.17) is 16.1 Å². The van der Waals surface area contributed by atoms with Crippen molar-refractivity contribution < 1.29 is 17.3 Å². The van der Waals surface area contributed by atoms with Gasteiger partial charge in [-0.2, -0.15) is 9.29 Å². The summed E-state index contributed by atoms with van der Waals surface area (Å²) in [5.41, 5.74) is 0.694. The van der Waals surface area contributed by atoms with Crippen LogP contribution in [0, 0.1) is 5.82 Å². The van der Waals surface area contributed by atoms with Crippen molar-refractivity contribution in [3.05, 3.63) is 65.3 Å². The predicted octanol–water partition coefficient (Wildman–Crippen LogP) is 3.04. The molecule has 0 atom stereocenters. The first-order chi connectivity index (χ1) is 13.9. The summed E-state index contributed by atoms with van der Waals surface area (Å²) in [4.78, 5) is 6.52. The molecular weight excluding hydrogens is 419 g/mol. The second-order valence-corrected chi connectivity index (χ2v) is 8.97. The summed E-state index contributed by atoms with van der Waals surface area (Å²) >= 11 is 6.16. The van der Waals surface area contributed by atoms with Crippen LogP contribution in [0.4, 0.5) is 4.39 Å². The van der Waals surface area contributed by atoms with Gasteiger partial charge in [0, 0.05) is 31.7 Å². The Morgan fingerprint density at radius 1 is 1.03 bits per heavy atom. The summed E-state index contributed by atoms with van der Waals surface area (Å²) in [6.07, 6.45) is 0. The zero-order valence-electron chi connectivity index (χ0n) is 15.3. The number of aromatic nitrogens is 2. The molecule has 1 saturated heterocycles. The zero-order chi connectivity index (χ0) is 20.4. The molecule has 10 heteroatoms. The highest BCUT2D eigenvalue weighted by atomic mass is 35.5. The molecule has 152 valence electrons. The normalized spacial score (nSPS) is 16.2. The van der Waals surface area contributed by atoms with E-state index in [0.717, 1.165) is 12.1 Å². The average molecular weight is 437 g/mol. The minimum atomic E-state index is -3.64. The first kappa shape index (κ1) is 20.0. The molecule has 1 aromatic heterocycles. The molecule has 4 rings (SSSR count). The van der Waals surface area contributed by atoms with Gasteiger partial charge in [0.15, 0.2) is 0 Å². The maximum Gasteiger partial charge on any atom is 0.243 e. The van der Waals surface area contributed by atoms with Gasteiger partial charge in [0.1, 0.15) is 5.82 Å². The van der Waals surface area contributed by atoms with Gasteiger partial charge >= 0.3 is 0 Å². The van der Waals surface area contributed by atoms with E-state index in [2.05, 4.69) is 10.1 Å². The minimum absolute atomic E-state index is 0.0913. The van der Waals surface area contributed by atoms with E-state index in [1.165, 1.54) is 16.4 Å². The highest BCUT2D eigenvalue weighted by Crippen LogP contribution is 2.25. The summed E-state index contributed by atoms with van der Waals surface area (Å²) < 4.78 is 45.2.